The van der Waals surface area contributed by atoms with Crippen molar-refractivity contribution in [3.63, 3.8) is 0 Å². The van der Waals surface area contributed by atoms with Crippen LogP contribution in [0.5, 0.6) is 0 Å². The Morgan fingerprint density at radius 3 is 2.81 bits per heavy atom. The Bertz CT molecular complexity index is 911. The summed E-state index contributed by atoms with van der Waals surface area (Å²) in [5.74, 6) is 0.641. The number of nitrogens with zero attached hydrogens (tertiary/aromatic N) is 5. The molecule has 3 rings (SSSR count). The summed E-state index contributed by atoms with van der Waals surface area (Å²) in [4.78, 5) is 16.0. The minimum Gasteiger partial charge on any atom is -0.305 e. The summed E-state index contributed by atoms with van der Waals surface area (Å²) < 4.78 is 1.83. The van der Waals surface area contributed by atoms with E-state index in [1.807, 2.05) is 35.9 Å². The van der Waals surface area contributed by atoms with Crippen molar-refractivity contribution in [2.45, 2.75) is 5.16 Å². The Hall–Kier alpha value is -2.71. The topological polar surface area (TPSA) is 85.1 Å². The van der Waals surface area contributed by atoms with Crippen molar-refractivity contribution >= 4 is 35.5 Å². The van der Waals surface area contributed by atoms with E-state index in [1.54, 1.807) is 24.4 Å². The number of hydrazone groups is 1. The maximum absolute atomic E-state index is 11.9. The van der Waals surface area contributed by atoms with Crippen LogP contribution in [0, 0.1) is 0 Å². The third-order valence-electron chi connectivity index (χ3n) is 3.34. The molecule has 7 nitrogen and oxygen atoms in total. The fraction of sp³-hybridized carbons (Fsp3) is 0.118. The molecule has 2 aromatic heterocycles. The molecule has 0 spiro atoms. The molecule has 0 aliphatic rings. The standard InChI is InChI=1S/C17H15ClN6OS/c1-24-16(12-5-7-13(18)8-6-12)22-23-17(24)26-11-15(25)21-20-10-14-4-2-3-9-19-14/h2-10H,11H2,1H3,(H,21,25)/b20-10-. The summed E-state index contributed by atoms with van der Waals surface area (Å²) in [5, 5.41) is 13.5. The van der Waals surface area contributed by atoms with E-state index in [0.29, 0.717) is 21.7 Å². The first-order valence-electron chi connectivity index (χ1n) is 7.64. The second kappa shape index (κ2) is 8.59. The molecule has 0 unspecified atom stereocenters. The molecule has 26 heavy (non-hydrogen) atoms. The predicted molar refractivity (Wildman–Crippen MR) is 102 cm³/mol. The summed E-state index contributed by atoms with van der Waals surface area (Å²) in [6.07, 6.45) is 3.15. The molecule has 1 aromatic carbocycles. The maximum atomic E-state index is 11.9. The van der Waals surface area contributed by atoms with Crippen LogP contribution in [-0.2, 0) is 11.8 Å². The number of amides is 1. The number of carbonyl (C=O) groups is 1. The maximum Gasteiger partial charge on any atom is 0.250 e. The van der Waals surface area contributed by atoms with E-state index in [9.17, 15) is 4.79 Å². The number of thioether (sulfide) groups is 1. The third kappa shape index (κ3) is 4.68. The lowest BCUT2D eigenvalue weighted by molar-refractivity contribution is -0.118. The number of aromatic nitrogens is 4. The highest BCUT2D eigenvalue weighted by Gasteiger charge is 2.12. The highest BCUT2D eigenvalue weighted by molar-refractivity contribution is 7.99. The van der Waals surface area contributed by atoms with Gasteiger partial charge in [-0.1, -0.05) is 29.4 Å². The van der Waals surface area contributed by atoms with Gasteiger partial charge < -0.3 is 4.57 Å². The zero-order valence-corrected chi connectivity index (χ0v) is 15.4. The minimum atomic E-state index is -0.238. The van der Waals surface area contributed by atoms with Crippen molar-refractivity contribution < 1.29 is 4.79 Å². The second-order valence-electron chi connectivity index (χ2n) is 5.21. The average Bonchev–Trinajstić information content (AvgIpc) is 3.02. The molecule has 1 amide bonds. The third-order valence-corrected chi connectivity index (χ3v) is 4.62. The van der Waals surface area contributed by atoms with Gasteiger partial charge in [-0.25, -0.2) is 5.43 Å². The Balaban J connectivity index is 1.55. The largest absolute Gasteiger partial charge is 0.305 e. The highest BCUT2D eigenvalue weighted by Crippen LogP contribution is 2.23. The average molecular weight is 387 g/mol. The summed E-state index contributed by atoms with van der Waals surface area (Å²) in [7, 11) is 1.85. The minimum absolute atomic E-state index is 0.173. The van der Waals surface area contributed by atoms with Gasteiger partial charge in [0, 0.05) is 23.8 Å². The number of pyridine rings is 1. The van der Waals surface area contributed by atoms with Gasteiger partial charge in [0.2, 0.25) is 0 Å². The molecule has 0 aliphatic heterocycles. The van der Waals surface area contributed by atoms with Gasteiger partial charge >= 0.3 is 0 Å². The predicted octanol–water partition coefficient (Wildman–Crippen LogP) is 2.77. The van der Waals surface area contributed by atoms with Gasteiger partial charge in [-0.2, -0.15) is 5.10 Å². The van der Waals surface area contributed by atoms with E-state index in [2.05, 4.69) is 25.7 Å². The van der Waals surface area contributed by atoms with E-state index >= 15 is 0 Å². The number of rotatable bonds is 6. The van der Waals surface area contributed by atoms with Crippen molar-refractivity contribution in [1.82, 2.24) is 25.2 Å². The Kier molecular flexibility index (Phi) is 5.98. The molecule has 0 saturated carbocycles. The monoisotopic (exact) mass is 386 g/mol. The molecule has 0 radical (unpaired) electrons. The zero-order valence-electron chi connectivity index (χ0n) is 13.8. The second-order valence-corrected chi connectivity index (χ2v) is 6.59. The van der Waals surface area contributed by atoms with Crippen molar-refractivity contribution in [3.8, 4) is 11.4 Å². The zero-order chi connectivity index (χ0) is 18.4. The molecule has 1 N–H and O–H groups in total. The van der Waals surface area contributed by atoms with Crippen LogP contribution in [-0.4, -0.2) is 37.6 Å². The first-order chi connectivity index (χ1) is 12.6. The van der Waals surface area contributed by atoms with Crippen LogP contribution in [0.2, 0.25) is 5.02 Å². The van der Waals surface area contributed by atoms with Crippen LogP contribution in [0.25, 0.3) is 11.4 Å². The van der Waals surface area contributed by atoms with Gasteiger partial charge in [-0.15, -0.1) is 10.2 Å². The molecule has 0 aliphatic carbocycles. The quantitative estimate of drug-likeness (QED) is 0.400. The molecule has 0 bridgehead atoms. The summed E-state index contributed by atoms with van der Waals surface area (Å²) in [5.41, 5.74) is 4.03. The van der Waals surface area contributed by atoms with Gasteiger partial charge in [-0.05, 0) is 36.4 Å². The van der Waals surface area contributed by atoms with Crippen molar-refractivity contribution in [2.75, 3.05) is 5.75 Å². The molecule has 132 valence electrons. The Morgan fingerprint density at radius 1 is 1.27 bits per heavy atom. The molecule has 0 atom stereocenters. The van der Waals surface area contributed by atoms with Crippen molar-refractivity contribution in [2.24, 2.45) is 12.1 Å². The molecule has 0 fully saturated rings. The fourth-order valence-corrected chi connectivity index (χ4v) is 2.91. The summed E-state index contributed by atoms with van der Waals surface area (Å²) in [6.45, 7) is 0. The lowest BCUT2D eigenvalue weighted by atomic mass is 10.2. The van der Waals surface area contributed by atoms with Gasteiger partial charge in [0.05, 0.1) is 17.7 Å². The number of hydrogen-bond acceptors (Lipinski definition) is 6. The fourth-order valence-electron chi connectivity index (χ4n) is 2.08. The van der Waals surface area contributed by atoms with E-state index in [-0.39, 0.29) is 11.7 Å². The van der Waals surface area contributed by atoms with Crippen molar-refractivity contribution in [1.29, 1.82) is 0 Å². The van der Waals surface area contributed by atoms with Gasteiger partial charge in [0.15, 0.2) is 11.0 Å². The van der Waals surface area contributed by atoms with E-state index in [4.69, 9.17) is 11.6 Å². The van der Waals surface area contributed by atoms with Crippen molar-refractivity contribution in [3.05, 3.63) is 59.4 Å². The molecular formula is C17H15ClN6OS. The van der Waals surface area contributed by atoms with Crippen LogP contribution >= 0.6 is 23.4 Å². The summed E-state index contributed by atoms with van der Waals surface area (Å²) >= 11 is 7.18. The van der Waals surface area contributed by atoms with Gasteiger partial charge in [-0.3, -0.25) is 9.78 Å². The summed E-state index contributed by atoms with van der Waals surface area (Å²) in [6, 6.07) is 12.8. The van der Waals surface area contributed by atoms with Gasteiger partial charge in [0.25, 0.3) is 5.91 Å². The molecule has 3 aromatic rings. The number of hydrogen-bond donors (Lipinski definition) is 1. The van der Waals surface area contributed by atoms with Crippen LogP contribution in [0.15, 0.2) is 58.9 Å². The molecular weight excluding hydrogens is 372 g/mol. The molecule has 0 saturated heterocycles. The normalized spacial score (nSPS) is 11.0. The van der Waals surface area contributed by atoms with Gasteiger partial charge in [0.1, 0.15) is 0 Å². The number of halogens is 1. The van der Waals surface area contributed by atoms with E-state index in [0.717, 1.165) is 5.56 Å². The number of benzene rings is 1. The Morgan fingerprint density at radius 2 is 2.08 bits per heavy atom. The van der Waals surface area contributed by atoms with Crippen LogP contribution in [0.4, 0.5) is 0 Å². The smallest absolute Gasteiger partial charge is 0.250 e. The first kappa shape index (κ1) is 18.1. The van der Waals surface area contributed by atoms with Crippen LogP contribution < -0.4 is 5.43 Å². The lowest BCUT2D eigenvalue weighted by Gasteiger charge is -2.03. The van der Waals surface area contributed by atoms with Crippen LogP contribution in [0.3, 0.4) is 0 Å². The van der Waals surface area contributed by atoms with Crippen LogP contribution in [0.1, 0.15) is 5.69 Å². The number of carbonyl (C=O) groups excluding carboxylic acids is 1. The first-order valence-corrected chi connectivity index (χ1v) is 9.01. The molecule has 2 heterocycles. The SMILES string of the molecule is Cn1c(SCC(=O)N/N=C\c2ccccn2)nnc1-c1ccc(Cl)cc1. The highest BCUT2D eigenvalue weighted by atomic mass is 35.5. The lowest BCUT2D eigenvalue weighted by Crippen LogP contribution is -2.20. The van der Waals surface area contributed by atoms with E-state index in [1.165, 1.54) is 18.0 Å². The van der Waals surface area contributed by atoms with E-state index < -0.39 is 0 Å². The number of nitrogens with one attached hydrogen (secondary N) is 1. The molecule has 9 heteroatoms. The Labute approximate surface area is 159 Å².